The molecule has 0 radical (unpaired) electrons. The van der Waals surface area contributed by atoms with E-state index in [1.54, 1.807) is 6.08 Å². The third kappa shape index (κ3) is 5.06. The zero-order valence-electron chi connectivity index (χ0n) is 13.7. The Morgan fingerprint density at radius 1 is 1.42 bits per heavy atom. The first-order valence-electron chi connectivity index (χ1n) is 7.95. The molecule has 3 amide bonds. The lowest BCUT2D eigenvalue weighted by Gasteiger charge is -2.23. The van der Waals surface area contributed by atoms with E-state index in [9.17, 15) is 14.0 Å². The molecule has 0 spiro atoms. The lowest BCUT2D eigenvalue weighted by atomic mass is 10.2. The van der Waals surface area contributed by atoms with Crippen LogP contribution in [0.1, 0.15) is 13.3 Å². The fraction of sp³-hybridized carbons (Fsp3) is 0.412. The first-order chi connectivity index (χ1) is 11.5. The average molecular weight is 334 g/mol. The van der Waals surface area contributed by atoms with Crippen molar-refractivity contribution < 1.29 is 14.0 Å². The smallest absolute Gasteiger partial charge is 0.319 e. The van der Waals surface area contributed by atoms with Crippen molar-refractivity contribution in [1.82, 2.24) is 15.5 Å². The molecule has 1 aliphatic heterocycles. The predicted molar refractivity (Wildman–Crippen MR) is 91.2 cm³/mol. The average Bonchev–Trinajstić information content (AvgIpc) is 3.02. The molecule has 0 unspecified atom stereocenters. The Kier molecular flexibility index (Phi) is 6.31. The Hall–Kier alpha value is -2.41. The van der Waals surface area contributed by atoms with E-state index in [1.807, 2.05) is 11.8 Å². The molecule has 3 N–H and O–H groups in total. The van der Waals surface area contributed by atoms with Crippen LogP contribution in [0.4, 0.5) is 14.9 Å². The first-order valence-corrected chi connectivity index (χ1v) is 7.95. The Balaban J connectivity index is 1.78. The van der Waals surface area contributed by atoms with Crippen molar-refractivity contribution in [2.75, 3.05) is 25.0 Å². The highest BCUT2D eigenvalue weighted by Gasteiger charge is 2.30. The van der Waals surface area contributed by atoms with E-state index < -0.39 is 0 Å². The van der Waals surface area contributed by atoms with Gasteiger partial charge in [-0.3, -0.25) is 9.69 Å². The van der Waals surface area contributed by atoms with Gasteiger partial charge in [0.2, 0.25) is 5.91 Å². The molecule has 2 rings (SSSR count). The molecule has 130 valence electrons. The molecule has 0 aromatic heterocycles. The van der Waals surface area contributed by atoms with Crippen molar-refractivity contribution in [3.63, 3.8) is 0 Å². The number of anilines is 1. The van der Waals surface area contributed by atoms with Crippen LogP contribution in [0, 0.1) is 5.82 Å². The summed E-state index contributed by atoms with van der Waals surface area (Å²) >= 11 is 0. The van der Waals surface area contributed by atoms with Crippen LogP contribution in [0.5, 0.6) is 0 Å². The van der Waals surface area contributed by atoms with Gasteiger partial charge in [0, 0.05) is 31.4 Å². The summed E-state index contributed by atoms with van der Waals surface area (Å²) in [5.74, 6) is -0.401. The molecule has 1 aromatic carbocycles. The van der Waals surface area contributed by atoms with Crippen molar-refractivity contribution in [2.45, 2.75) is 25.4 Å². The third-order valence-corrected chi connectivity index (χ3v) is 4.00. The highest BCUT2D eigenvalue weighted by atomic mass is 19.1. The molecule has 2 atom stereocenters. The third-order valence-electron chi connectivity index (χ3n) is 4.00. The summed E-state index contributed by atoms with van der Waals surface area (Å²) in [5, 5.41) is 8.31. The van der Waals surface area contributed by atoms with E-state index in [0.717, 1.165) is 13.0 Å². The number of carbonyl (C=O) groups excluding carboxylic acids is 2. The molecule has 0 bridgehead atoms. The van der Waals surface area contributed by atoms with Gasteiger partial charge in [0.1, 0.15) is 5.82 Å². The molecule has 0 aliphatic carbocycles. The monoisotopic (exact) mass is 334 g/mol. The fourth-order valence-corrected chi connectivity index (χ4v) is 2.63. The minimum Gasteiger partial charge on any atom is -0.351 e. The van der Waals surface area contributed by atoms with Gasteiger partial charge < -0.3 is 16.0 Å². The van der Waals surface area contributed by atoms with Gasteiger partial charge in [-0.1, -0.05) is 6.08 Å². The van der Waals surface area contributed by atoms with Gasteiger partial charge >= 0.3 is 6.03 Å². The van der Waals surface area contributed by atoms with E-state index in [2.05, 4.69) is 22.5 Å². The number of nitrogens with zero attached hydrogens (tertiary/aromatic N) is 1. The second-order valence-electron chi connectivity index (χ2n) is 5.80. The Bertz CT molecular complexity index is 591. The Morgan fingerprint density at radius 3 is 2.79 bits per heavy atom. The van der Waals surface area contributed by atoms with Crippen LogP contribution in [-0.2, 0) is 4.79 Å². The second-order valence-corrected chi connectivity index (χ2v) is 5.80. The quantitative estimate of drug-likeness (QED) is 0.694. The second kappa shape index (κ2) is 8.44. The van der Waals surface area contributed by atoms with Crippen LogP contribution < -0.4 is 16.0 Å². The number of nitrogens with one attached hydrogen (secondary N) is 3. The maximum Gasteiger partial charge on any atom is 0.319 e. The highest BCUT2D eigenvalue weighted by Crippen LogP contribution is 2.14. The lowest BCUT2D eigenvalue weighted by molar-refractivity contribution is -0.125. The van der Waals surface area contributed by atoms with Crippen molar-refractivity contribution in [3.05, 3.63) is 42.7 Å². The number of rotatable bonds is 6. The van der Waals surface area contributed by atoms with Crippen molar-refractivity contribution in [1.29, 1.82) is 0 Å². The predicted octanol–water partition coefficient (Wildman–Crippen LogP) is 1.71. The molecule has 0 saturated carbocycles. The summed E-state index contributed by atoms with van der Waals surface area (Å²) in [6.45, 7) is 7.21. The van der Waals surface area contributed by atoms with Gasteiger partial charge in [-0.25, -0.2) is 9.18 Å². The molecule has 1 fully saturated rings. The molecule has 1 aromatic rings. The zero-order valence-corrected chi connectivity index (χ0v) is 13.7. The van der Waals surface area contributed by atoms with Crippen LogP contribution in [0.3, 0.4) is 0 Å². The van der Waals surface area contributed by atoms with Gasteiger partial charge in [-0.2, -0.15) is 0 Å². The highest BCUT2D eigenvalue weighted by molar-refractivity contribution is 5.89. The standard InChI is InChI=1S/C17H23FN4O2/c1-3-9-19-16(23)12(2)22-10-8-15(11-22)21-17(24)20-14-6-4-13(18)5-7-14/h3-7,12,15H,1,8-11H2,2H3,(H,19,23)(H2,20,21,24)/t12-,15+/m0/s1. The minimum atomic E-state index is -0.351. The van der Waals surface area contributed by atoms with E-state index in [1.165, 1.54) is 24.3 Å². The largest absolute Gasteiger partial charge is 0.351 e. The number of hydrogen-bond donors (Lipinski definition) is 3. The summed E-state index contributed by atoms with van der Waals surface area (Å²) in [4.78, 5) is 26.0. The van der Waals surface area contributed by atoms with Crippen LogP contribution in [0.15, 0.2) is 36.9 Å². The number of hydrogen-bond acceptors (Lipinski definition) is 3. The minimum absolute atomic E-state index is 0.0277. The number of halogens is 1. The van der Waals surface area contributed by atoms with Gasteiger partial charge in [-0.05, 0) is 37.6 Å². The Morgan fingerprint density at radius 2 is 2.12 bits per heavy atom. The van der Waals surface area contributed by atoms with Crippen LogP contribution in [0.2, 0.25) is 0 Å². The van der Waals surface area contributed by atoms with E-state index in [4.69, 9.17) is 0 Å². The first kappa shape index (κ1) is 17.9. The molecule has 1 heterocycles. The van der Waals surface area contributed by atoms with Gasteiger partial charge in [0.05, 0.1) is 6.04 Å². The van der Waals surface area contributed by atoms with Crippen molar-refractivity contribution in [3.8, 4) is 0 Å². The SMILES string of the molecule is C=CCNC(=O)[C@H](C)N1CC[C@@H](NC(=O)Nc2ccc(F)cc2)C1. The fourth-order valence-electron chi connectivity index (χ4n) is 2.63. The molecule has 7 heteroatoms. The maximum atomic E-state index is 12.8. The van der Waals surface area contributed by atoms with Crippen LogP contribution in [-0.4, -0.2) is 48.6 Å². The van der Waals surface area contributed by atoms with Crippen LogP contribution in [0.25, 0.3) is 0 Å². The lowest BCUT2D eigenvalue weighted by Crippen LogP contribution is -2.46. The number of carbonyl (C=O) groups is 2. The van der Waals surface area contributed by atoms with Crippen molar-refractivity contribution in [2.24, 2.45) is 0 Å². The van der Waals surface area contributed by atoms with E-state index >= 15 is 0 Å². The van der Waals surface area contributed by atoms with Crippen LogP contribution >= 0.6 is 0 Å². The molecule has 1 saturated heterocycles. The van der Waals surface area contributed by atoms with Gasteiger partial charge in [0.25, 0.3) is 0 Å². The van der Waals surface area contributed by atoms with E-state index in [0.29, 0.717) is 18.8 Å². The molecule has 1 aliphatic rings. The number of urea groups is 1. The summed E-state index contributed by atoms with van der Waals surface area (Å²) < 4.78 is 12.8. The number of amides is 3. The van der Waals surface area contributed by atoms with Crippen molar-refractivity contribution >= 4 is 17.6 Å². The Labute approximate surface area is 141 Å². The normalized spacial score (nSPS) is 18.7. The number of benzene rings is 1. The molecular formula is C17H23FN4O2. The maximum absolute atomic E-state index is 12.8. The summed E-state index contributed by atoms with van der Waals surface area (Å²) in [6, 6.07) is 4.96. The summed E-state index contributed by atoms with van der Waals surface area (Å²) in [7, 11) is 0. The summed E-state index contributed by atoms with van der Waals surface area (Å²) in [5.41, 5.74) is 0.529. The molecule has 6 nitrogen and oxygen atoms in total. The van der Waals surface area contributed by atoms with Gasteiger partial charge in [0.15, 0.2) is 0 Å². The topological polar surface area (TPSA) is 73.5 Å². The molecular weight excluding hydrogens is 311 g/mol. The summed E-state index contributed by atoms with van der Waals surface area (Å²) in [6.07, 6.45) is 2.41. The van der Waals surface area contributed by atoms with E-state index in [-0.39, 0.29) is 29.8 Å². The number of likely N-dealkylation sites (tertiary alicyclic amines) is 1. The molecule has 24 heavy (non-hydrogen) atoms. The van der Waals surface area contributed by atoms with Gasteiger partial charge in [-0.15, -0.1) is 6.58 Å². The zero-order chi connectivity index (χ0) is 17.5.